The zero-order chi connectivity index (χ0) is 16.1. The van der Waals surface area contributed by atoms with Crippen LogP contribution in [0, 0.1) is 0 Å². The molecule has 0 bridgehead atoms. The number of rotatable bonds is 7. The van der Waals surface area contributed by atoms with Crippen molar-refractivity contribution < 1.29 is 13.9 Å². The number of aromatic amines is 1. The minimum Gasteiger partial charge on any atom is -0.466 e. The molecule has 3 rings (SSSR count). The SMILES string of the molecule is CCOC(=O)CCCSc1nnc(-c2c[nH]c3ccccc23)o1. The summed E-state index contributed by atoms with van der Waals surface area (Å²) < 4.78 is 10.6. The summed E-state index contributed by atoms with van der Waals surface area (Å²) in [6, 6.07) is 7.96. The van der Waals surface area contributed by atoms with Gasteiger partial charge >= 0.3 is 5.97 Å². The zero-order valence-electron chi connectivity index (χ0n) is 12.7. The van der Waals surface area contributed by atoms with E-state index in [9.17, 15) is 4.79 Å². The van der Waals surface area contributed by atoms with Crippen molar-refractivity contribution in [3.05, 3.63) is 30.5 Å². The number of benzene rings is 1. The van der Waals surface area contributed by atoms with Gasteiger partial charge in [0.05, 0.1) is 12.2 Å². The molecule has 0 aliphatic rings. The van der Waals surface area contributed by atoms with Gasteiger partial charge in [-0.25, -0.2) is 0 Å². The maximum absolute atomic E-state index is 11.3. The first kappa shape index (κ1) is 15.6. The summed E-state index contributed by atoms with van der Waals surface area (Å²) in [6.45, 7) is 2.22. The standard InChI is InChI=1S/C16H17N3O3S/c1-2-21-14(20)8-5-9-23-16-19-18-15(22-16)12-10-17-13-7-4-3-6-11(12)13/h3-4,6-7,10,17H,2,5,8-9H2,1H3. The second-order valence-corrected chi connectivity index (χ2v) is 5.92. The summed E-state index contributed by atoms with van der Waals surface area (Å²) in [5.74, 6) is 1.06. The molecule has 0 aliphatic heterocycles. The lowest BCUT2D eigenvalue weighted by atomic mass is 10.2. The Hall–Kier alpha value is -2.28. The Morgan fingerprint density at radius 1 is 1.35 bits per heavy atom. The predicted octanol–water partition coefficient (Wildman–Crippen LogP) is 3.65. The van der Waals surface area contributed by atoms with Crippen molar-refractivity contribution in [3.8, 4) is 11.5 Å². The van der Waals surface area contributed by atoms with Crippen LogP contribution in [-0.2, 0) is 9.53 Å². The minimum absolute atomic E-state index is 0.168. The number of nitrogens with zero attached hydrogens (tertiary/aromatic N) is 2. The molecule has 0 radical (unpaired) electrons. The third-order valence-corrected chi connectivity index (χ3v) is 4.19. The van der Waals surface area contributed by atoms with Gasteiger partial charge in [-0.15, -0.1) is 10.2 Å². The molecule has 0 unspecified atom stereocenters. The Morgan fingerprint density at radius 2 is 2.22 bits per heavy atom. The first-order valence-corrected chi connectivity index (χ1v) is 8.45. The topological polar surface area (TPSA) is 81.0 Å². The number of hydrogen-bond acceptors (Lipinski definition) is 6. The number of hydrogen-bond donors (Lipinski definition) is 1. The maximum atomic E-state index is 11.3. The van der Waals surface area contributed by atoms with Gasteiger partial charge in [-0.1, -0.05) is 30.0 Å². The highest BCUT2D eigenvalue weighted by atomic mass is 32.2. The average molecular weight is 331 g/mol. The van der Waals surface area contributed by atoms with Crippen LogP contribution in [0.4, 0.5) is 0 Å². The molecule has 23 heavy (non-hydrogen) atoms. The molecule has 120 valence electrons. The van der Waals surface area contributed by atoms with E-state index in [1.807, 2.05) is 30.5 Å². The van der Waals surface area contributed by atoms with E-state index >= 15 is 0 Å². The number of aromatic nitrogens is 3. The summed E-state index contributed by atoms with van der Waals surface area (Å²) in [5.41, 5.74) is 1.93. The van der Waals surface area contributed by atoms with Crippen molar-refractivity contribution in [1.82, 2.24) is 15.2 Å². The second kappa shape index (κ2) is 7.32. The van der Waals surface area contributed by atoms with Crippen molar-refractivity contribution >= 4 is 28.6 Å². The van der Waals surface area contributed by atoms with Crippen LogP contribution < -0.4 is 0 Å². The van der Waals surface area contributed by atoms with E-state index in [4.69, 9.17) is 9.15 Å². The predicted molar refractivity (Wildman–Crippen MR) is 88.2 cm³/mol. The number of nitrogens with one attached hydrogen (secondary N) is 1. The summed E-state index contributed by atoms with van der Waals surface area (Å²) >= 11 is 1.45. The lowest BCUT2D eigenvalue weighted by Crippen LogP contribution is -2.03. The monoisotopic (exact) mass is 331 g/mol. The van der Waals surface area contributed by atoms with E-state index in [-0.39, 0.29) is 5.97 Å². The van der Waals surface area contributed by atoms with Crippen molar-refractivity contribution in [2.24, 2.45) is 0 Å². The van der Waals surface area contributed by atoms with E-state index in [2.05, 4.69) is 15.2 Å². The summed E-state index contributed by atoms with van der Waals surface area (Å²) in [5, 5.41) is 9.71. The molecule has 0 spiro atoms. The number of ether oxygens (including phenoxy) is 1. The fourth-order valence-corrected chi connectivity index (χ4v) is 2.93. The fourth-order valence-electron chi connectivity index (χ4n) is 2.23. The molecular weight excluding hydrogens is 314 g/mol. The molecule has 0 aliphatic carbocycles. The maximum Gasteiger partial charge on any atom is 0.305 e. The first-order chi connectivity index (χ1) is 11.3. The van der Waals surface area contributed by atoms with Crippen molar-refractivity contribution in [2.45, 2.75) is 25.0 Å². The van der Waals surface area contributed by atoms with Gasteiger partial charge in [0.1, 0.15) is 0 Å². The highest BCUT2D eigenvalue weighted by Gasteiger charge is 2.13. The number of thioether (sulfide) groups is 1. The molecule has 3 aromatic rings. The molecule has 0 amide bonds. The molecule has 6 nitrogen and oxygen atoms in total. The van der Waals surface area contributed by atoms with E-state index in [0.717, 1.165) is 22.2 Å². The number of esters is 1. The highest BCUT2D eigenvalue weighted by molar-refractivity contribution is 7.99. The molecule has 1 N–H and O–H groups in total. The van der Waals surface area contributed by atoms with Crippen LogP contribution in [-0.4, -0.2) is 33.5 Å². The van der Waals surface area contributed by atoms with Gasteiger partial charge in [-0.05, 0) is 19.4 Å². The summed E-state index contributed by atoms with van der Waals surface area (Å²) in [4.78, 5) is 14.4. The fraction of sp³-hybridized carbons (Fsp3) is 0.312. The van der Waals surface area contributed by atoms with Crippen LogP contribution >= 0.6 is 11.8 Å². The Morgan fingerprint density at radius 3 is 3.09 bits per heavy atom. The number of para-hydroxylation sites is 1. The summed E-state index contributed by atoms with van der Waals surface area (Å²) in [7, 11) is 0. The number of carbonyl (C=O) groups is 1. The van der Waals surface area contributed by atoms with E-state index in [0.29, 0.717) is 30.6 Å². The van der Waals surface area contributed by atoms with Crippen LogP contribution in [0.25, 0.3) is 22.4 Å². The van der Waals surface area contributed by atoms with Gasteiger partial charge in [-0.3, -0.25) is 4.79 Å². The van der Waals surface area contributed by atoms with Gasteiger partial charge in [0.15, 0.2) is 0 Å². The lowest BCUT2D eigenvalue weighted by Gasteiger charge is -1.99. The minimum atomic E-state index is -0.168. The van der Waals surface area contributed by atoms with Crippen molar-refractivity contribution in [1.29, 1.82) is 0 Å². The molecule has 0 atom stereocenters. The molecule has 0 saturated heterocycles. The van der Waals surface area contributed by atoms with E-state index < -0.39 is 0 Å². The zero-order valence-corrected chi connectivity index (χ0v) is 13.6. The Bertz CT molecular complexity index is 797. The van der Waals surface area contributed by atoms with Gasteiger partial charge in [0.25, 0.3) is 11.1 Å². The van der Waals surface area contributed by atoms with E-state index in [1.54, 1.807) is 6.92 Å². The number of fused-ring (bicyclic) bond motifs is 1. The normalized spacial score (nSPS) is 11.0. The molecule has 2 aromatic heterocycles. The molecule has 7 heteroatoms. The molecule has 2 heterocycles. The van der Waals surface area contributed by atoms with Crippen LogP contribution in [0.15, 0.2) is 40.1 Å². The third-order valence-electron chi connectivity index (χ3n) is 3.28. The van der Waals surface area contributed by atoms with Crippen LogP contribution in [0.2, 0.25) is 0 Å². The van der Waals surface area contributed by atoms with Crippen LogP contribution in [0.1, 0.15) is 19.8 Å². The Labute approximate surface area is 137 Å². The Kier molecular flexibility index (Phi) is 4.97. The van der Waals surface area contributed by atoms with Gasteiger partial charge in [-0.2, -0.15) is 0 Å². The quantitative estimate of drug-likeness (QED) is 0.404. The van der Waals surface area contributed by atoms with E-state index in [1.165, 1.54) is 11.8 Å². The van der Waals surface area contributed by atoms with Gasteiger partial charge in [0.2, 0.25) is 0 Å². The second-order valence-electron chi connectivity index (χ2n) is 4.88. The average Bonchev–Trinajstić information content (AvgIpc) is 3.18. The third kappa shape index (κ3) is 3.73. The smallest absolute Gasteiger partial charge is 0.305 e. The van der Waals surface area contributed by atoms with Gasteiger partial charge in [0, 0.05) is 29.3 Å². The highest BCUT2D eigenvalue weighted by Crippen LogP contribution is 2.29. The number of H-pyrrole nitrogens is 1. The summed E-state index contributed by atoms with van der Waals surface area (Å²) in [6.07, 6.45) is 2.99. The largest absolute Gasteiger partial charge is 0.466 e. The van der Waals surface area contributed by atoms with Crippen LogP contribution in [0.5, 0.6) is 0 Å². The molecule has 0 saturated carbocycles. The Balaban J connectivity index is 1.59. The first-order valence-electron chi connectivity index (χ1n) is 7.46. The van der Waals surface area contributed by atoms with Crippen molar-refractivity contribution in [2.75, 3.05) is 12.4 Å². The van der Waals surface area contributed by atoms with Crippen LogP contribution in [0.3, 0.4) is 0 Å². The van der Waals surface area contributed by atoms with Crippen molar-refractivity contribution in [3.63, 3.8) is 0 Å². The molecule has 0 fully saturated rings. The molecular formula is C16H17N3O3S. The van der Waals surface area contributed by atoms with Gasteiger partial charge < -0.3 is 14.1 Å². The number of carbonyl (C=O) groups excluding carboxylic acids is 1. The molecule has 1 aromatic carbocycles. The lowest BCUT2D eigenvalue weighted by molar-refractivity contribution is -0.143.